The second-order valence-corrected chi connectivity index (χ2v) is 5.06. The summed E-state index contributed by atoms with van der Waals surface area (Å²) in [6, 6.07) is 4.83. The van der Waals surface area contributed by atoms with E-state index in [9.17, 15) is 9.59 Å². The number of hydrogen-bond donors (Lipinski definition) is 2. The lowest BCUT2D eigenvalue weighted by Crippen LogP contribution is -2.40. The molecule has 1 aliphatic rings. The average Bonchev–Trinajstić information content (AvgIpc) is 2.78. The van der Waals surface area contributed by atoms with E-state index in [2.05, 4.69) is 17.2 Å². The highest BCUT2D eigenvalue weighted by Gasteiger charge is 2.30. The first-order valence-corrected chi connectivity index (χ1v) is 6.79. The minimum absolute atomic E-state index is 0.0581. The van der Waals surface area contributed by atoms with Gasteiger partial charge in [-0.2, -0.15) is 0 Å². The summed E-state index contributed by atoms with van der Waals surface area (Å²) in [7, 11) is 1.73. The maximum Gasteiger partial charge on any atom is 0.252 e. The maximum atomic E-state index is 12.3. The van der Waals surface area contributed by atoms with Crippen molar-refractivity contribution in [3.05, 3.63) is 34.9 Å². The molecule has 2 amide bonds. The van der Waals surface area contributed by atoms with E-state index < -0.39 is 6.04 Å². The molecule has 1 aromatic rings. The molecule has 0 bridgehead atoms. The second-order valence-electron chi connectivity index (χ2n) is 5.06. The van der Waals surface area contributed by atoms with Gasteiger partial charge in [-0.25, -0.2) is 0 Å². The molecule has 1 saturated heterocycles. The molecule has 0 saturated carbocycles. The number of aryl methyl sites for hydroxylation is 1. The molecule has 1 unspecified atom stereocenters. The van der Waals surface area contributed by atoms with Crippen molar-refractivity contribution in [2.24, 2.45) is 0 Å². The standard InChI is InChI=1S/C16H18N2O3/c1-11-5-6-12(4-3-9-19)10-13(11)15(20)17-14-7-8-18(2)16(14)21/h5-6,10,14,19H,7-9H2,1-2H3,(H,17,20). The van der Waals surface area contributed by atoms with Crippen LogP contribution in [0, 0.1) is 18.8 Å². The van der Waals surface area contributed by atoms with Gasteiger partial charge in [-0.05, 0) is 31.0 Å². The molecule has 0 spiro atoms. The summed E-state index contributed by atoms with van der Waals surface area (Å²) in [4.78, 5) is 25.8. The molecule has 1 heterocycles. The lowest BCUT2D eigenvalue weighted by molar-refractivity contribution is -0.128. The van der Waals surface area contributed by atoms with Crippen LogP contribution >= 0.6 is 0 Å². The molecule has 1 aliphatic heterocycles. The van der Waals surface area contributed by atoms with Gasteiger partial charge in [-0.1, -0.05) is 17.9 Å². The molecule has 2 N–H and O–H groups in total. The number of nitrogens with zero attached hydrogens (tertiary/aromatic N) is 1. The summed E-state index contributed by atoms with van der Waals surface area (Å²) in [6.45, 7) is 2.27. The second kappa shape index (κ2) is 6.42. The number of carbonyl (C=O) groups is 2. The lowest BCUT2D eigenvalue weighted by Gasteiger charge is -2.13. The van der Waals surface area contributed by atoms with Crippen molar-refractivity contribution in [1.29, 1.82) is 0 Å². The van der Waals surface area contributed by atoms with E-state index in [0.717, 1.165) is 5.56 Å². The van der Waals surface area contributed by atoms with Crippen molar-refractivity contribution in [3.8, 4) is 11.8 Å². The molecular weight excluding hydrogens is 268 g/mol. The number of benzene rings is 1. The van der Waals surface area contributed by atoms with E-state index in [1.807, 2.05) is 6.92 Å². The first-order chi connectivity index (χ1) is 10.0. The van der Waals surface area contributed by atoms with Crippen LogP contribution in [0.1, 0.15) is 27.9 Å². The van der Waals surface area contributed by atoms with E-state index in [4.69, 9.17) is 5.11 Å². The van der Waals surface area contributed by atoms with Crippen molar-refractivity contribution < 1.29 is 14.7 Å². The topological polar surface area (TPSA) is 69.6 Å². The molecule has 1 fully saturated rings. The van der Waals surface area contributed by atoms with Crippen LogP contribution < -0.4 is 5.32 Å². The van der Waals surface area contributed by atoms with Gasteiger partial charge in [0.1, 0.15) is 12.6 Å². The van der Waals surface area contributed by atoms with Gasteiger partial charge >= 0.3 is 0 Å². The smallest absolute Gasteiger partial charge is 0.252 e. The van der Waals surface area contributed by atoms with E-state index >= 15 is 0 Å². The minimum atomic E-state index is -0.450. The van der Waals surface area contributed by atoms with Crippen LogP contribution in [0.4, 0.5) is 0 Å². The zero-order valence-corrected chi connectivity index (χ0v) is 12.1. The quantitative estimate of drug-likeness (QED) is 0.768. The van der Waals surface area contributed by atoms with Crippen LogP contribution in [0.2, 0.25) is 0 Å². The molecule has 0 radical (unpaired) electrons. The van der Waals surface area contributed by atoms with Crippen molar-refractivity contribution >= 4 is 11.8 Å². The van der Waals surface area contributed by atoms with Crippen LogP contribution in [0.3, 0.4) is 0 Å². The summed E-state index contributed by atoms with van der Waals surface area (Å²) < 4.78 is 0. The SMILES string of the molecule is Cc1ccc(C#CCO)cc1C(=O)NC1CCN(C)C1=O. The number of carbonyl (C=O) groups excluding carboxylic acids is 2. The highest BCUT2D eigenvalue weighted by molar-refractivity contribution is 5.99. The Morgan fingerprint density at radius 1 is 1.52 bits per heavy atom. The Morgan fingerprint density at radius 2 is 2.29 bits per heavy atom. The Hall–Kier alpha value is -2.32. The summed E-state index contributed by atoms with van der Waals surface area (Å²) in [6.07, 6.45) is 0.629. The van der Waals surface area contributed by atoms with Gasteiger partial charge in [0.2, 0.25) is 5.91 Å². The predicted molar refractivity (Wildman–Crippen MR) is 78.7 cm³/mol. The van der Waals surface area contributed by atoms with Gasteiger partial charge in [0.05, 0.1) is 0 Å². The Morgan fingerprint density at radius 3 is 2.90 bits per heavy atom. The Kier molecular flexibility index (Phi) is 4.61. The number of hydrogen-bond acceptors (Lipinski definition) is 3. The van der Waals surface area contributed by atoms with Gasteiger partial charge in [0.15, 0.2) is 0 Å². The Labute approximate surface area is 124 Å². The van der Waals surface area contributed by atoms with Gasteiger partial charge in [0, 0.05) is 24.7 Å². The molecule has 5 heteroatoms. The van der Waals surface area contributed by atoms with Crippen molar-refractivity contribution in [2.75, 3.05) is 20.2 Å². The number of aliphatic hydroxyl groups is 1. The number of nitrogens with one attached hydrogen (secondary N) is 1. The summed E-state index contributed by atoms with van der Waals surface area (Å²) >= 11 is 0. The third kappa shape index (κ3) is 3.41. The third-order valence-electron chi connectivity index (χ3n) is 3.53. The molecule has 110 valence electrons. The number of likely N-dealkylation sites (tertiary alicyclic amines) is 1. The van der Waals surface area contributed by atoms with E-state index in [0.29, 0.717) is 24.1 Å². The first kappa shape index (κ1) is 15.1. The number of likely N-dealkylation sites (N-methyl/N-ethyl adjacent to an activating group) is 1. The molecule has 0 aromatic heterocycles. The lowest BCUT2D eigenvalue weighted by atomic mass is 10.0. The predicted octanol–water partition coefficient (Wildman–Crippen LogP) is 0.299. The van der Waals surface area contributed by atoms with Crippen LogP contribution in [-0.4, -0.2) is 48.1 Å². The fourth-order valence-corrected chi connectivity index (χ4v) is 2.28. The zero-order chi connectivity index (χ0) is 15.4. The van der Waals surface area contributed by atoms with Gasteiger partial charge < -0.3 is 15.3 Å². The van der Waals surface area contributed by atoms with Crippen molar-refractivity contribution in [3.63, 3.8) is 0 Å². The number of aliphatic hydroxyl groups excluding tert-OH is 1. The molecule has 2 rings (SSSR count). The van der Waals surface area contributed by atoms with Crippen LogP contribution in [0.25, 0.3) is 0 Å². The van der Waals surface area contributed by atoms with E-state index in [-0.39, 0.29) is 18.4 Å². The summed E-state index contributed by atoms with van der Waals surface area (Å²) in [5.74, 6) is 4.99. The Bertz CT molecular complexity index is 628. The van der Waals surface area contributed by atoms with Gasteiger partial charge in [-0.3, -0.25) is 9.59 Å². The fourth-order valence-electron chi connectivity index (χ4n) is 2.28. The Balaban J connectivity index is 2.17. The minimum Gasteiger partial charge on any atom is -0.384 e. The first-order valence-electron chi connectivity index (χ1n) is 6.79. The zero-order valence-electron chi connectivity index (χ0n) is 12.1. The highest BCUT2D eigenvalue weighted by atomic mass is 16.2. The van der Waals surface area contributed by atoms with Crippen LogP contribution in [0.5, 0.6) is 0 Å². The highest BCUT2D eigenvalue weighted by Crippen LogP contribution is 2.13. The number of rotatable bonds is 2. The van der Waals surface area contributed by atoms with Crippen LogP contribution in [-0.2, 0) is 4.79 Å². The molecule has 1 atom stereocenters. The van der Waals surface area contributed by atoms with Crippen LogP contribution in [0.15, 0.2) is 18.2 Å². The monoisotopic (exact) mass is 286 g/mol. The third-order valence-corrected chi connectivity index (χ3v) is 3.53. The largest absolute Gasteiger partial charge is 0.384 e. The van der Waals surface area contributed by atoms with Gasteiger partial charge in [-0.15, -0.1) is 0 Å². The molecule has 0 aliphatic carbocycles. The number of amides is 2. The van der Waals surface area contributed by atoms with Gasteiger partial charge in [0.25, 0.3) is 5.91 Å². The maximum absolute atomic E-state index is 12.3. The molecular formula is C16H18N2O3. The molecule has 5 nitrogen and oxygen atoms in total. The van der Waals surface area contributed by atoms with E-state index in [1.54, 1.807) is 30.1 Å². The summed E-state index contributed by atoms with van der Waals surface area (Å²) in [5.41, 5.74) is 1.98. The fraction of sp³-hybridized carbons (Fsp3) is 0.375. The van der Waals surface area contributed by atoms with Crippen molar-refractivity contribution in [2.45, 2.75) is 19.4 Å². The average molecular weight is 286 g/mol. The normalized spacial score (nSPS) is 17.4. The molecule has 1 aromatic carbocycles. The molecule has 21 heavy (non-hydrogen) atoms. The van der Waals surface area contributed by atoms with E-state index in [1.165, 1.54) is 0 Å². The summed E-state index contributed by atoms with van der Waals surface area (Å²) in [5, 5.41) is 11.5. The van der Waals surface area contributed by atoms with Crippen molar-refractivity contribution in [1.82, 2.24) is 10.2 Å².